The van der Waals surface area contributed by atoms with Crippen LogP contribution in [0.1, 0.15) is 44.7 Å². The van der Waals surface area contributed by atoms with Crippen LogP contribution in [0.3, 0.4) is 0 Å². The van der Waals surface area contributed by atoms with Crippen molar-refractivity contribution < 1.29 is 4.79 Å². The van der Waals surface area contributed by atoms with Crippen molar-refractivity contribution in [3.8, 4) is 0 Å². The van der Waals surface area contributed by atoms with Gasteiger partial charge in [-0.25, -0.2) is 0 Å². The molecule has 0 saturated heterocycles. The molecule has 1 heterocycles. The predicted octanol–water partition coefficient (Wildman–Crippen LogP) is 2.07. The summed E-state index contributed by atoms with van der Waals surface area (Å²) in [6.45, 7) is 2.71. The molecule has 0 bridgehead atoms. The van der Waals surface area contributed by atoms with Gasteiger partial charge in [-0.2, -0.15) is 5.10 Å². The van der Waals surface area contributed by atoms with Gasteiger partial charge < -0.3 is 11.1 Å². The van der Waals surface area contributed by atoms with E-state index in [1.807, 2.05) is 6.07 Å². The van der Waals surface area contributed by atoms with Gasteiger partial charge in [0.25, 0.3) is 0 Å². The number of hydrogen-bond acceptors (Lipinski definition) is 3. The number of H-pyrrole nitrogens is 1. The number of amides is 1. The number of rotatable bonds is 5. The van der Waals surface area contributed by atoms with Gasteiger partial charge in [0, 0.05) is 17.7 Å². The Morgan fingerprint density at radius 1 is 1.53 bits per heavy atom. The van der Waals surface area contributed by atoms with Gasteiger partial charge in [0.2, 0.25) is 5.91 Å². The number of hydrogen-bond donors (Lipinski definition) is 3. The molecule has 5 heteroatoms. The minimum atomic E-state index is 0.0464. The lowest BCUT2D eigenvalue weighted by molar-refractivity contribution is -0.122. The fourth-order valence-corrected chi connectivity index (χ4v) is 2.88. The zero-order chi connectivity index (χ0) is 13.7. The van der Waals surface area contributed by atoms with Gasteiger partial charge in [-0.15, -0.1) is 0 Å². The van der Waals surface area contributed by atoms with Crippen molar-refractivity contribution in [2.45, 2.75) is 45.4 Å². The highest BCUT2D eigenvalue weighted by Crippen LogP contribution is 2.30. The molecule has 0 aromatic carbocycles. The number of carbonyl (C=O) groups is 1. The van der Waals surface area contributed by atoms with Crippen LogP contribution < -0.4 is 11.1 Å². The second kappa shape index (κ2) is 6.70. The minimum Gasteiger partial charge on any atom is -0.330 e. The van der Waals surface area contributed by atoms with Crippen molar-refractivity contribution in [3.63, 3.8) is 0 Å². The van der Waals surface area contributed by atoms with Crippen molar-refractivity contribution >= 4 is 11.7 Å². The van der Waals surface area contributed by atoms with Gasteiger partial charge in [-0.1, -0.05) is 26.2 Å². The standard InChI is InChI=1S/C14H24N4O/c1-2-5-11-8-13(18-17-11)16-14(19)12-7-4-3-6-10(12)9-15/h8,10,12H,2-7,9,15H2,1H3,(H2,16,17,18,19). The van der Waals surface area contributed by atoms with E-state index in [9.17, 15) is 4.79 Å². The Hall–Kier alpha value is -1.36. The zero-order valence-electron chi connectivity index (χ0n) is 11.6. The van der Waals surface area contributed by atoms with Gasteiger partial charge in [0.05, 0.1) is 0 Å². The Morgan fingerprint density at radius 3 is 3.05 bits per heavy atom. The lowest BCUT2D eigenvalue weighted by Gasteiger charge is -2.29. The molecule has 19 heavy (non-hydrogen) atoms. The topological polar surface area (TPSA) is 83.8 Å². The number of nitrogens with two attached hydrogens (primary N) is 1. The molecular weight excluding hydrogens is 240 g/mol. The first kappa shape index (κ1) is 14.1. The van der Waals surface area contributed by atoms with E-state index in [2.05, 4.69) is 22.4 Å². The number of anilines is 1. The molecular formula is C14H24N4O. The van der Waals surface area contributed by atoms with E-state index in [1.165, 1.54) is 6.42 Å². The van der Waals surface area contributed by atoms with Gasteiger partial charge >= 0.3 is 0 Å². The first-order chi connectivity index (χ1) is 9.24. The van der Waals surface area contributed by atoms with Crippen LogP contribution in [0.2, 0.25) is 0 Å². The third kappa shape index (κ3) is 3.56. The van der Waals surface area contributed by atoms with E-state index < -0.39 is 0 Å². The van der Waals surface area contributed by atoms with E-state index in [1.54, 1.807) is 0 Å². The molecule has 0 radical (unpaired) electrons. The molecule has 2 atom stereocenters. The number of aromatic nitrogens is 2. The molecule has 1 aromatic heterocycles. The van der Waals surface area contributed by atoms with Crippen LogP contribution in [-0.4, -0.2) is 22.6 Å². The summed E-state index contributed by atoms with van der Waals surface area (Å²) in [4.78, 5) is 12.3. The summed E-state index contributed by atoms with van der Waals surface area (Å²) in [7, 11) is 0. The quantitative estimate of drug-likeness (QED) is 0.761. The number of nitrogens with one attached hydrogen (secondary N) is 2. The van der Waals surface area contributed by atoms with Crippen molar-refractivity contribution in [2.75, 3.05) is 11.9 Å². The second-order valence-corrected chi connectivity index (χ2v) is 5.40. The maximum Gasteiger partial charge on any atom is 0.229 e. The molecule has 2 unspecified atom stereocenters. The van der Waals surface area contributed by atoms with E-state index in [0.717, 1.165) is 37.8 Å². The summed E-state index contributed by atoms with van der Waals surface area (Å²) >= 11 is 0. The van der Waals surface area contributed by atoms with E-state index in [4.69, 9.17) is 5.73 Å². The van der Waals surface area contributed by atoms with E-state index in [-0.39, 0.29) is 11.8 Å². The molecule has 2 rings (SSSR count). The normalized spacial score (nSPS) is 23.3. The van der Waals surface area contributed by atoms with E-state index >= 15 is 0 Å². The van der Waals surface area contributed by atoms with Crippen LogP contribution in [-0.2, 0) is 11.2 Å². The number of aromatic amines is 1. The van der Waals surface area contributed by atoms with Crippen LogP contribution in [0.15, 0.2) is 6.07 Å². The average molecular weight is 264 g/mol. The van der Waals surface area contributed by atoms with Crippen LogP contribution in [0, 0.1) is 11.8 Å². The predicted molar refractivity (Wildman–Crippen MR) is 75.7 cm³/mol. The largest absolute Gasteiger partial charge is 0.330 e. The third-order valence-electron chi connectivity index (χ3n) is 3.95. The number of aryl methyl sites for hydroxylation is 1. The summed E-state index contributed by atoms with van der Waals surface area (Å²) < 4.78 is 0. The molecule has 1 aromatic rings. The molecule has 0 aliphatic heterocycles. The Morgan fingerprint density at radius 2 is 2.32 bits per heavy atom. The highest BCUT2D eigenvalue weighted by atomic mass is 16.2. The molecule has 1 amide bonds. The van der Waals surface area contributed by atoms with E-state index in [0.29, 0.717) is 18.3 Å². The monoisotopic (exact) mass is 264 g/mol. The van der Waals surface area contributed by atoms with Crippen LogP contribution in [0.25, 0.3) is 0 Å². The van der Waals surface area contributed by atoms with Gasteiger partial charge in [-0.3, -0.25) is 9.89 Å². The Kier molecular flexibility index (Phi) is 4.96. The first-order valence-electron chi connectivity index (χ1n) is 7.29. The number of carbonyl (C=O) groups excluding carboxylic acids is 1. The van der Waals surface area contributed by atoms with Crippen molar-refractivity contribution in [1.82, 2.24) is 10.2 Å². The molecule has 1 aliphatic carbocycles. The fourth-order valence-electron chi connectivity index (χ4n) is 2.88. The lowest BCUT2D eigenvalue weighted by Crippen LogP contribution is -2.35. The van der Waals surface area contributed by atoms with Crippen molar-refractivity contribution in [3.05, 3.63) is 11.8 Å². The number of nitrogens with zero attached hydrogens (tertiary/aromatic N) is 1. The molecule has 1 aliphatic rings. The first-order valence-corrected chi connectivity index (χ1v) is 7.29. The molecule has 4 N–H and O–H groups in total. The molecule has 1 saturated carbocycles. The molecule has 1 fully saturated rings. The summed E-state index contributed by atoms with van der Waals surface area (Å²) in [5, 5.41) is 10.0. The van der Waals surface area contributed by atoms with Gasteiger partial charge in [-0.05, 0) is 31.7 Å². The minimum absolute atomic E-state index is 0.0464. The maximum atomic E-state index is 12.3. The van der Waals surface area contributed by atoms with Crippen LogP contribution in [0.4, 0.5) is 5.82 Å². The van der Waals surface area contributed by atoms with Gasteiger partial charge in [0.15, 0.2) is 5.82 Å². The zero-order valence-corrected chi connectivity index (χ0v) is 11.6. The molecule has 106 valence electrons. The molecule has 5 nitrogen and oxygen atoms in total. The van der Waals surface area contributed by atoms with Crippen LogP contribution >= 0.6 is 0 Å². The summed E-state index contributed by atoms with van der Waals surface area (Å²) in [5.41, 5.74) is 6.83. The summed E-state index contributed by atoms with van der Waals surface area (Å²) in [6, 6.07) is 1.92. The molecule has 0 spiro atoms. The summed E-state index contributed by atoms with van der Waals surface area (Å²) in [5.74, 6) is 1.08. The maximum absolute atomic E-state index is 12.3. The summed E-state index contributed by atoms with van der Waals surface area (Å²) in [6.07, 6.45) is 6.34. The Balaban J connectivity index is 1.95. The fraction of sp³-hybridized carbons (Fsp3) is 0.714. The van der Waals surface area contributed by atoms with Crippen molar-refractivity contribution in [1.29, 1.82) is 0 Å². The van der Waals surface area contributed by atoms with Gasteiger partial charge in [0.1, 0.15) is 0 Å². The highest BCUT2D eigenvalue weighted by Gasteiger charge is 2.30. The third-order valence-corrected chi connectivity index (χ3v) is 3.95. The lowest BCUT2D eigenvalue weighted by atomic mass is 9.79. The highest BCUT2D eigenvalue weighted by molar-refractivity contribution is 5.92. The smallest absolute Gasteiger partial charge is 0.229 e. The van der Waals surface area contributed by atoms with Crippen LogP contribution in [0.5, 0.6) is 0 Å². The second-order valence-electron chi connectivity index (χ2n) is 5.40. The SMILES string of the molecule is CCCc1cc(NC(=O)C2CCCCC2CN)n[nH]1. The Bertz CT molecular complexity index is 415. The van der Waals surface area contributed by atoms with Crippen molar-refractivity contribution in [2.24, 2.45) is 17.6 Å². The Labute approximate surface area is 114 Å². The average Bonchev–Trinajstić information content (AvgIpc) is 2.86.